The van der Waals surface area contributed by atoms with Gasteiger partial charge in [0, 0.05) is 38.5 Å². The smallest absolute Gasteiger partial charge is 0.408 e. The summed E-state index contributed by atoms with van der Waals surface area (Å²) >= 11 is 0. The first-order chi connectivity index (χ1) is 24.3. The number of fused-ring (bicyclic) bond motifs is 3. The van der Waals surface area contributed by atoms with Gasteiger partial charge in [-0.15, -0.1) is 0 Å². The molecule has 3 N–H and O–H groups in total. The van der Waals surface area contributed by atoms with Crippen molar-refractivity contribution in [2.75, 3.05) is 20.6 Å². The SMILES string of the molecule is CC(C)n1c(O[C@@H]2C[C@H]3C(=O)N[C@]4(C(=O)NS(=O)(=O)N(C)C)C[C@H]4/C=C\CCCCC[C@H](NC(=O)OC(C)(C)C)C(=O)N3C2)nc2cc(F)ccc21. The Bertz CT molecular complexity index is 1840. The molecule has 15 nitrogen and oxygen atoms in total. The summed E-state index contributed by atoms with van der Waals surface area (Å²) in [6, 6.07) is 2.07. The fourth-order valence-corrected chi connectivity index (χ4v) is 7.29. The van der Waals surface area contributed by atoms with Crippen molar-refractivity contribution in [2.24, 2.45) is 5.92 Å². The summed E-state index contributed by atoms with van der Waals surface area (Å²) in [4.78, 5) is 61.1. The number of nitrogens with one attached hydrogen (secondary N) is 3. The van der Waals surface area contributed by atoms with Gasteiger partial charge in [-0.25, -0.2) is 13.9 Å². The maximum atomic E-state index is 14.4. The van der Waals surface area contributed by atoms with Gasteiger partial charge in [-0.2, -0.15) is 17.7 Å². The molecule has 2 aliphatic heterocycles. The van der Waals surface area contributed by atoms with Crippen LogP contribution in [0.2, 0.25) is 0 Å². The van der Waals surface area contributed by atoms with Crippen LogP contribution >= 0.6 is 0 Å². The number of alkyl carbamates (subject to hydrolysis) is 1. The first-order valence-electron chi connectivity index (χ1n) is 17.7. The molecule has 1 saturated heterocycles. The number of ether oxygens (including phenoxy) is 2. The van der Waals surface area contributed by atoms with E-state index in [4.69, 9.17) is 9.47 Å². The molecular formula is C35H50FN7O8S. The van der Waals surface area contributed by atoms with Gasteiger partial charge in [-0.1, -0.05) is 25.0 Å². The van der Waals surface area contributed by atoms with Crippen LogP contribution in [0.1, 0.15) is 85.6 Å². The normalized spacial score (nSPS) is 26.5. The molecule has 3 heterocycles. The lowest BCUT2D eigenvalue weighted by molar-refractivity contribution is -0.141. The molecule has 1 aliphatic carbocycles. The van der Waals surface area contributed by atoms with Crippen LogP contribution in [0.4, 0.5) is 9.18 Å². The maximum absolute atomic E-state index is 14.4. The van der Waals surface area contributed by atoms with Crippen molar-refractivity contribution in [1.82, 2.24) is 34.1 Å². The monoisotopic (exact) mass is 747 g/mol. The zero-order chi connectivity index (χ0) is 38.2. The van der Waals surface area contributed by atoms with Crippen LogP contribution in [0.3, 0.4) is 0 Å². The molecule has 0 radical (unpaired) electrons. The fourth-order valence-electron chi connectivity index (χ4n) is 6.70. The molecule has 52 heavy (non-hydrogen) atoms. The van der Waals surface area contributed by atoms with Crippen molar-refractivity contribution >= 4 is 45.1 Å². The Balaban J connectivity index is 1.50. The zero-order valence-electron chi connectivity index (χ0n) is 30.8. The van der Waals surface area contributed by atoms with E-state index < -0.39 is 75.1 Å². The Morgan fingerprint density at radius 1 is 1.15 bits per heavy atom. The second-order valence-electron chi connectivity index (χ2n) is 15.2. The second-order valence-corrected chi connectivity index (χ2v) is 17.1. The molecule has 0 unspecified atom stereocenters. The molecular weight excluding hydrogens is 697 g/mol. The molecule has 0 spiro atoms. The van der Waals surface area contributed by atoms with Gasteiger partial charge in [0.1, 0.15) is 35.1 Å². The van der Waals surface area contributed by atoms with E-state index in [1.165, 1.54) is 31.1 Å². The zero-order valence-corrected chi connectivity index (χ0v) is 31.6. The van der Waals surface area contributed by atoms with E-state index in [0.29, 0.717) is 23.9 Å². The van der Waals surface area contributed by atoms with Crippen molar-refractivity contribution in [1.29, 1.82) is 0 Å². The van der Waals surface area contributed by atoms with Gasteiger partial charge in [-0.05, 0) is 72.4 Å². The number of halogens is 1. The van der Waals surface area contributed by atoms with E-state index in [1.54, 1.807) is 31.4 Å². The maximum Gasteiger partial charge on any atom is 0.408 e. The highest BCUT2D eigenvalue weighted by atomic mass is 32.2. The molecule has 0 bridgehead atoms. The number of aromatic nitrogens is 2. The molecule has 5 atom stereocenters. The quantitative estimate of drug-likeness (QED) is 0.358. The summed E-state index contributed by atoms with van der Waals surface area (Å²) in [5, 5.41) is 5.52. The third kappa shape index (κ3) is 8.68. The molecule has 5 rings (SSSR count). The molecule has 1 aromatic heterocycles. The van der Waals surface area contributed by atoms with E-state index in [0.717, 1.165) is 17.1 Å². The lowest BCUT2D eigenvalue weighted by Crippen LogP contribution is -2.58. The summed E-state index contributed by atoms with van der Waals surface area (Å²) < 4.78 is 56.0. The van der Waals surface area contributed by atoms with Crippen molar-refractivity contribution < 1.29 is 41.5 Å². The topological polar surface area (TPSA) is 181 Å². The van der Waals surface area contributed by atoms with E-state index in [9.17, 15) is 32.0 Å². The van der Waals surface area contributed by atoms with Crippen LogP contribution in [0.25, 0.3) is 11.0 Å². The summed E-state index contributed by atoms with van der Waals surface area (Å²) in [5.74, 6) is -3.05. The Morgan fingerprint density at radius 3 is 2.56 bits per heavy atom. The minimum atomic E-state index is -4.18. The van der Waals surface area contributed by atoms with Gasteiger partial charge >= 0.3 is 16.3 Å². The Kier molecular flexibility index (Phi) is 11.2. The highest BCUT2D eigenvalue weighted by molar-refractivity contribution is 7.87. The molecule has 2 fully saturated rings. The average molecular weight is 748 g/mol. The lowest BCUT2D eigenvalue weighted by atomic mass is 10.0. The summed E-state index contributed by atoms with van der Waals surface area (Å²) in [5.41, 5.74) is -1.38. The number of allylic oxidation sites excluding steroid dienone is 1. The number of benzene rings is 1. The average Bonchev–Trinajstić information content (AvgIpc) is 3.37. The van der Waals surface area contributed by atoms with Crippen molar-refractivity contribution in [2.45, 2.75) is 115 Å². The van der Waals surface area contributed by atoms with E-state index in [1.807, 2.05) is 26.0 Å². The third-order valence-electron chi connectivity index (χ3n) is 9.45. The number of amides is 4. The van der Waals surface area contributed by atoms with Crippen molar-refractivity contribution in [3.63, 3.8) is 0 Å². The van der Waals surface area contributed by atoms with Crippen molar-refractivity contribution in [3.8, 4) is 6.01 Å². The van der Waals surface area contributed by atoms with Gasteiger partial charge < -0.3 is 25.0 Å². The molecule has 4 amide bonds. The number of hydrogen-bond donors (Lipinski definition) is 3. The highest BCUT2D eigenvalue weighted by Gasteiger charge is 2.61. The van der Waals surface area contributed by atoms with Crippen LogP contribution < -0.4 is 20.1 Å². The minimum Gasteiger partial charge on any atom is -0.459 e. The van der Waals surface area contributed by atoms with Gasteiger partial charge in [0.15, 0.2) is 0 Å². The number of carbonyl (C=O) groups is 4. The number of hydrogen-bond acceptors (Lipinski definition) is 9. The molecule has 3 aliphatic rings. The number of imidazole rings is 1. The van der Waals surface area contributed by atoms with Crippen LogP contribution in [-0.2, 0) is 29.3 Å². The predicted molar refractivity (Wildman–Crippen MR) is 190 cm³/mol. The molecule has 1 saturated carbocycles. The number of rotatable bonds is 7. The van der Waals surface area contributed by atoms with Gasteiger partial charge in [0.2, 0.25) is 11.8 Å². The van der Waals surface area contributed by atoms with Crippen LogP contribution in [0, 0.1) is 11.7 Å². The van der Waals surface area contributed by atoms with E-state index >= 15 is 0 Å². The van der Waals surface area contributed by atoms with Crippen molar-refractivity contribution in [3.05, 3.63) is 36.2 Å². The molecule has 17 heteroatoms. The fraction of sp³-hybridized carbons (Fsp3) is 0.629. The second kappa shape index (κ2) is 15.0. The summed E-state index contributed by atoms with van der Waals surface area (Å²) in [7, 11) is -1.62. The number of carbonyl (C=O) groups excluding carboxylic acids is 4. The Labute approximate surface area is 303 Å². The standard InChI is InChI=1S/C35H50FN7O8S/c1-21(2)43-27-16-15-23(36)17-26(27)37-32(43)50-24-18-28-29(44)39-35(31(46)40-52(48,49)41(6)7)19-22(35)13-11-9-8-10-12-14-25(30(45)42(28)20-24)38-33(47)51-34(3,4)5/h11,13,15-17,21-22,24-25,28H,8-10,12,14,18-20H2,1-7H3,(H,38,47)(H,39,44)(H,40,46)/b13-11-/t22-,24-,25+,28+,35-/m1/s1. The first-order valence-corrected chi connectivity index (χ1v) is 19.1. The first kappa shape index (κ1) is 39.0. The largest absolute Gasteiger partial charge is 0.459 e. The van der Waals surface area contributed by atoms with Crippen LogP contribution in [0.5, 0.6) is 6.01 Å². The van der Waals surface area contributed by atoms with Gasteiger partial charge in [0.05, 0.1) is 17.6 Å². The highest BCUT2D eigenvalue weighted by Crippen LogP contribution is 2.46. The lowest BCUT2D eigenvalue weighted by Gasteiger charge is -2.30. The molecule has 2 aromatic rings. The molecule has 286 valence electrons. The van der Waals surface area contributed by atoms with Crippen LogP contribution in [-0.4, -0.2) is 101 Å². The van der Waals surface area contributed by atoms with Gasteiger partial charge in [-0.3, -0.25) is 19.0 Å². The minimum absolute atomic E-state index is 0.0133. The summed E-state index contributed by atoms with van der Waals surface area (Å²) in [6.45, 7) is 8.89. The Hall–Kier alpha value is -4.25. The van der Waals surface area contributed by atoms with Gasteiger partial charge in [0.25, 0.3) is 11.9 Å². The predicted octanol–water partition coefficient (Wildman–Crippen LogP) is 3.32. The summed E-state index contributed by atoms with van der Waals surface area (Å²) in [6.07, 6.45) is 5.36. The Morgan fingerprint density at radius 2 is 1.88 bits per heavy atom. The number of nitrogens with zero attached hydrogens (tertiary/aromatic N) is 4. The van der Waals surface area contributed by atoms with E-state index in [-0.39, 0.29) is 37.9 Å². The van der Waals surface area contributed by atoms with E-state index in [2.05, 4.69) is 20.3 Å². The third-order valence-corrected chi connectivity index (χ3v) is 10.9. The molecule has 1 aromatic carbocycles. The van der Waals surface area contributed by atoms with Crippen LogP contribution in [0.15, 0.2) is 30.4 Å².